The summed E-state index contributed by atoms with van der Waals surface area (Å²) in [5.74, 6) is 0.897. The first-order valence-corrected chi connectivity index (χ1v) is 7.58. The standard InChI is InChI=1S/C19H16N4/c1-14-5-2-6-15(11-14)13-23-18(16-7-3-9-20-12-16)22-17-8-4-10-21-19(17)23/h2-12H,13H2,1H3. The van der Waals surface area contributed by atoms with Crippen LogP contribution < -0.4 is 0 Å². The quantitative estimate of drug-likeness (QED) is 0.577. The first kappa shape index (κ1) is 13.6. The van der Waals surface area contributed by atoms with Gasteiger partial charge in [-0.1, -0.05) is 29.8 Å². The van der Waals surface area contributed by atoms with Crippen LogP contribution in [0.3, 0.4) is 0 Å². The molecule has 0 aliphatic heterocycles. The Morgan fingerprint density at radius 3 is 2.74 bits per heavy atom. The molecule has 4 nitrogen and oxygen atoms in total. The van der Waals surface area contributed by atoms with Crippen molar-refractivity contribution in [2.45, 2.75) is 13.5 Å². The van der Waals surface area contributed by atoms with Crippen LogP contribution >= 0.6 is 0 Å². The Morgan fingerprint density at radius 2 is 1.91 bits per heavy atom. The minimum absolute atomic E-state index is 0.736. The Kier molecular flexibility index (Phi) is 3.35. The van der Waals surface area contributed by atoms with Gasteiger partial charge in [-0.25, -0.2) is 9.97 Å². The fourth-order valence-electron chi connectivity index (χ4n) is 2.82. The highest BCUT2D eigenvalue weighted by molar-refractivity contribution is 5.77. The molecule has 0 unspecified atom stereocenters. The van der Waals surface area contributed by atoms with Gasteiger partial charge < -0.3 is 4.57 Å². The molecule has 3 aromatic heterocycles. The van der Waals surface area contributed by atoms with Crippen molar-refractivity contribution in [3.63, 3.8) is 0 Å². The summed E-state index contributed by atoms with van der Waals surface area (Å²) in [7, 11) is 0. The average molecular weight is 300 g/mol. The molecule has 1 aromatic carbocycles. The van der Waals surface area contributed by atoms with Gasteiger partial charge in [0, 0.05) is 24.2 Å². The highest BCUT2D eigenvalue weighted by Gasteiger charge is 2.13. The number of benzene rings is 1. The minimum atomic E-state index is 0.736. The Balaban J connectivity index is 1.89. The molecule has 112 valence electrons. The third kappa shape index (κ3) is 2.59. The zero-order valence-corrected chi connectivity index (χ0v) is 12.8. The van der Waals surface area contributed by atoms with Gasteiger partial charge in [-0.3, -0.25) is 4.98 Å². The van der Waals surface area contributed by atoms with Crippen LogP contribution in [-0.4, -0.2) is 19.5 Å². The van der Waals surface area contributed by atoms with Crippen LogP contribution in [0.4, 0.5) is 0 Å². The lowest BCUT2D eigenvalue weighted by molar-refractivity contribution is 0.822. The van der Waals surface area contributed by atoms with E-state index in [2.05, 4.69) is 45.7 Å². The summed E-state index contributed by atoms with van der Waals surface area (Å²) in [5, 5.41) is 0. The van der Waals surface area contributed by atoms with Gasteiger partial charge in [0.15, 0.2) is 5.65 Å². The number of rotatable bonds is 3. The van der Waals surface area contributed by atoms with Crippen LogP contribution in [0.25, 0.3) is 22.6 Å². The zero-order valence-electron chi connectivity index (χ0n) is 12.8. The molecule has 0 saturated carbocycles. The van der Waals surface area contributed by atoms with Crippen LogP contribution in [0.15, 0.2) is 67.1 Å². The second kappa shape index (κ2) is 5.65. The molecular weight excluding hydrogens is 284 g/mol. The lowest BCUT2D eigenvalue weighted by atomic mass is 10.1. The maximum atomic E-state index is 4.76. The second-order valence-corrected chi connectivity index (χ2v) is 5.60. The average Bonchev–Trinajstić information content (AvgIpc) is 2.95. The van der Waals surface area contributed by atoms with Gasteiger partial charge in [-0.2, -0.15) is 0 Å². The van der Waals surface area contributed by atoms with Crippen LogP contribution in [0, 0.1) is 6.92 Å². The van der Waals surface area contributed by atoms with Crippen molar-refractivity contribution in [3.8, 4) is 11.4 Å². The van der Waals surface area contributed by atoms with Gasteiger partial charge in [-0.05, 0) is 36.8 Å². The number of nitrogens with zero attached hydrogens (tertiary/aromatic N) is 4. The normalized spacial score (nSPS) is 11.0. The third-order valence-corrected chi connectivity index (χ3v) is 3.85. The van der Waals surface area contributed by atoms with Gasteiger partial charge in [-0.15, -0.1) is 0 Å². The van der Waals surface area contributed by atoms with E-state index in [4.69, 9.17) is 4.98 Å². The van der Waals surface area contributed by atoms with Gasteiger partial charge in [0.2, 0.25) is 0 Å². The zero-order chi connectivity index (χ0) is 15.6. The van der Waals surface area contributed by atoms with Gasteiger partial charge in [0.05, 0.1) is 6.54 Å². The number of imidazole rings is 1. The number of aryl methyl sites for hydroxylation is 1. The molecule has 0 N–H and O–H groups in total. The van der Waals surface area contributed by atoms with Gasteiger partial charge in [0.25, 0.3) is 0 Å². The Hall–Kier alpha value is -3.01. The SMILES string of the molecule is Cc1cccc(Cn2c(-c3cccnc3)nc3cccnc32)c1. The summed E-state index contributed by atoms with van der Waals surface area (Å²) in [6.45, 7) is 2.84. The van der Waals surface area contributed by atoms with Crippen LogP contribution in [0.2, 0.25) is 0 Å². The van der Waals surface area contributed by atoms with E-state index in [0.29, 0.717) is 0 Å². The summed E-state index contributed by atoms with van der Waals surface area (Å²) in [4.78, 5) is 13.5. The van der Waals surface area contributed by atoms with Crippen molar-refractivity contribution in [3.05, 3.63) is 78.2 Å². The van der Waals surface area contributed by atoms with E-state index in [1.165, 1.54) is 11.1 Å². The predicted octanol–water partition coefficient (Wildman–Crippen LogP) is 3.85. The Bertz CT molecular complexity index is 957. The molecule has 0 saturated heterocycles. The molecule has 0 spiro atoms. The van der Waals surface area contributed by atoms with Crippen LogP contribution in [0.1, 0.15) is 11.1 Å². The monoisotopic (exact) mass is 300 g/mol. The maximum Gasteiger partial charge on any atom is 0.160 e. The largest absolute Gasteiger partial charge is 0.304 e. The van der Waals surface area contributed by atoms with E-state index < -0.39 is 0 Å². The van der Waals surface area contributed by atoms with Gasteiger partial charge >= 0.3 is 0 Å². The molecule has 3 heterocycles. The molecule has 0 aliphatic carbocycles. The van der Waals surface area contributed by atoms with E-state index in [0.717, 1.165) is 29.1 Å². The molecule has 0 amide bonds. The number of hydrogen-bond acceptors (Lipinski definition) is 3. The van der Waals surface area contributed by atoms with Crippen LogP contribution in [0.5, 0.6) is 0 Å². The summed E-state index contributed by atoms with van der Waals surface area (Å²) < 4.78 is 2.15. The summed E-state index contributed by atoms with van der Waals surface area (Å²) in [5.41, 5.74) is 5.29. The number of fused-ring (bicyclic) bond motifs is 1. The Morgan fingerprint density at radius 1 is 1.00 bits per heavy atom. The summed E-state index contributed by atoms with van der Waals surface area (Å²) >= 11 is 0. The fourth-order valence-corrected chi connectivity index (χ4v) is 2.82. The highest BCUT2D eigenvalue weighted by Crippen LogP contribution is 2.24. The number of hydrogen-bond donors (Lipinski definition) is 0. The molecule has 4 rings (SSSR count). The number of pyridine rings is 2. The smallest absolute Gasteiger partial charge is 0.160 e. The highest BCUT2D eigenvalue weighted by atomic mass is 15.1. The molecule has 0 atom stereocenters. The van der Waals surface area contributed by atoms with E-state index in [-0.39, 0.29) is 0 Å². The molecule has 0 radical (unpaired) electrons. The van der Waals surface area contributed by atoms with Crippen molar-refractivity contribution in [2.75, 3.05) is 0 Å². The van der Waals surface area contributed by atoms with Crippen molar-refractivity contribution in [1.29, 1.82) is 0 Å². The van der Waals surface area contributed by atoms with E-state index in [9.17, 15) is 0 Å². The molecule has 4 heteroatoms. The molecule has 0 bridgehead atoms. The minimum Gasteiger partial charge on any atom is -0.304 e. The summed E-state index contributed by atoms with van der Waals surface area (Å²) in [6, 6.07) is 16.4. The first-order chi connectivity index (χ1) is 11.3. The van der Waals surface area contributed by atoms with Crippen LogP contribution in [-0.2, 0) is 6.54 Å². The lowest BCUT2D eigenvalue weighted by Gasteiger charge is -2.09. The van der Waals surface area contributed by atoms with Crippen molar-refractivity contribution in [2.24, 2.45) is 0 Å². The molecular formula is C19H16N4. The molecule has 0 aliphatic rings. The van der Waals surface area contributed by atoms with Crippen molar-refractivity contribution in [1.82, 2.24) is 19.5 Å². The van der Waals surface area contributed by atoms with Crippen molar-refractivity contribution < 1.29 is 0 Å². The third-order valence-electron chi connectivity index (χ3n) is 3.85. The lowest BCUT2D eigenvalue weighted by Crippen LogP contribution is -2.03. The Labute approximate surface area is 134 Å². The molecule has 23 heavy (non-hydrogen) atoms. The maximum absolute atomic E-state index is 4.76. The van der Waals surface area contributed by atoms with E-state index in [1.807, 2.05) is 36.7 Å². The predicted molar refractivity (Wildman–Crippen MR) is 91.0 cm³/mol. The number of aromatic nitrogens is 4. The van der Waals surface area contributed by atoms with Crippen molar-refractivity contribution >= 4 is 11.2 Å². The van der Waals surface area contributed by atoms with E-state index in [1.54, 1.807) is 6.20 Å². The topological polar surface area (TPSA) is 43.6 Å². The van der Waals surface area contributed by atoms with E-state index >= 15 is 0 Å². The summed E-state index contributed by atoms with van der Waals surface area (Å²) in [6.07, 6.45) is 5.42. The first-order valence-electron chi connectivity index (χ1n) is 7.58. The fraction of sp³-hybridized carbons (Fsp3) is 0.105. The second-order valence-electron chi connectivity index (χ2n) is 5.60. The molecule has 0 fully saturated rings. The van der Waals surface area contributed by atoms with Gasteiger partial charge in [0.1, 0.15) is 11.3 Å². The molecule has 4 aromatic rings.